The summed E-state index contributed by atoms with van der Waals surface area (Å²) in [5.41, 5.74) is 3.97. The second-order valence-corrected chi connectivity index (χ2v) is 3.86. The first kappa shape index (κ1) is 9.89. The number of methoxy groups -OCH3 is 1. The molecule has 5 nitrogen and oxygen atoms in total. The average molecular weight is 228 g/mol. The normalized spacial score (nSPS) is 10.9. The Labute approximate surface area is 97.9 Å². The van der Waals surface area contributed by atoms with Crippen molar-refractivity contribution in [1.82, 2.24) is 19.9 Å². The van der Waals surface area contributed by atoms with Gasteiger partial charge in [-0.2, -0.15) is 0 Å². The first-order chi connectivity index (χ1) is 8.26. The summed E-state index contributed by atoms with van der Waals surface area (Å²) >= 11 is 0. The zero-order valence-electron chi connectivity index (χ0n) is 9.61. The van der Waals surface area contributed by atoms with Crippen LogP contribution in [0.25, 0.3) is 22.3 Å². The molecule has 17 heavy (non-hydrogen) atoms. The maximum atomic E-state index is 5.02. The highest BCUT2D eigenvalue weighted by atomic mass is 16.5. The Bertz CT molecular complexity index is 668. The van der Waals surface area contributed by atoms with E-state index in [9.17, 15) is 0 Å². The monoisotopic (exact) mass is 228 g/mol. The minimum Gasteiger partial charge on any atom is -0.468 e. The summed E-state index contributed by atoms with van der Waals surface area (Å²) < 4.78 is 5.02. The number of H-pyrrole nitrogens is 2. The van der Waals surface area contributed by atoms with E-state index in [-0.39, 0.29) is 0 Å². The summed E-state index contributed by atoms with van der Waals surface area (Å²) in [5, 5.41) is 0. The van der Waals surface area contributed by atoms with Crippen molar-refractivity contribution in [3.8, 4) is 17.3 Å². The average Bonchev–Trinajstić information content (AvgIpc) is 2.92. The quantitative estimate of drug-likeness (QED) is 0.707. The van der Waals surface area contributed by atoms with Crippen LogP contribution in [0.3, 0.4) is 0 Å². The third-order valence-corrected chi connectivity index (χ3v) is 2.66. The topological polar surface area (TPSA) is 66.6 Å². The van der Waals surface area contributed by atoms with Crippen molar-refractivity contribution in [3.05, 3.63) is 30.2 Å². The maximum Gasteiger partial charge on any atom is 0.293 e. The highest BCUT2D eigenvalue weighted by Crippen LogP contribution is 2.23. The Balaban J connectivity index is 2.10. The maximum absolute atomic E-state index is 5.02. The number of aryl methyl sites for hydroxylation is 1. The molecule has 0 saturated carbocycles. The van der Waals surface area contributed by atoms with Gasteiger partial charge in [0.05, 0.1) is 30.0 Å². The van der Waals surface area contributed by atoms with Gasteiger partial charge in [0, 0.05) is 5.56 Å². The van der Waals surface area contributed by atoms with Crippen molar-refractivity contribution in [2.24, 2.45) is 0 Å². The van der Waals surface area contributed by atoms with Crippen LogP contribution in [0.4, 0.5) is 0 Å². The first-order valence-electron chi connectivity index (χ1n) is 5.32. The third kappa shape index (κ3) is 1.65. The van der Waals surface area contributed by atoms with Crippen LogP contribution >= 0.6 is 0 Å². The van der Waals surface area contributed by atoms with E-state index >= 15 is 0 Å². The lowest BCUT2D eigenvalue weighted by Gasteiger charge is -1.97. The second kappa shape index (κ2) is 3.62. The van der Waals surface area contributed by atoms with Gasteiger partial charge in [0.2, 0.25) is 0 Å². The Morgan fingerprint density at radius 2 is 2.12 bits per heavy atom. The minimum absolute atomic E-state index is 0.515. The molecule has 86 valence electrons. The molecule has 0 aliphatic rings. The number of imidazole rings is 2. The van der Waals surface area contributed by atoms with E-state index in [1.807, 2.05) is 25.1 Å². The molecule has 2 N–H and O–H groups in total. The van der Waals surface area contributed by atoms with Crippen molar-refractivity contribution >= 4 is 11.0 Å². The van der Waals surface area contributed by atoms with E-state index in [1.165, 1.54) is 0 Å². The van der Waals surface area contributed by atoms with Crippen molar-refractivity contribution in [2.75, 3.05) is 7.11 Å². The molecule has 5 heteroatoms. The zero-order chi connectivity index (χ0) is 11.8. The molecular weight excluding hydrogens is 216 g/mol. The number of rotatable bonds is 2. The molecule has 1 aromatic carbocycles. The van der Waals surface area contributed by atoms with Gasteiger partial charge in [0.25, 0.3) is 6.01 Å². The van der Waals surface area contributed by atoms with Crippen molar-refractivity contribution in [3.63, 3.8) is 0 Å². The number of aromatic nitrogens is 4. The molecule has 3 aromatic rings. The fourth-order valence-corrected chi connectivity index (χ4v) is 1.86. The lowest BCUT2D eigenvalue weighted by Crippen LogP contribution is -1.83. The van der Waals surface area contributed by atoms with E-state index in [4.69, 9.17) is 4.74 Å². The molecule has 0 radical (unpaired) electrons. The highest BCUT2D eigenvalue weighted by Gasteiger charge is 2.05. The number of aromatic amines is 2. The molecule has 2 aromatic heterocycles. The van der Waals surface area contributed by atoms with E-state index in [1.54, 1.807) is 13.3 Å². The summed E-state index contributed by atoms with van der Waals surface area (Å²) in [6, 6.07) is 6.56. The van der Waals surface area contributed by atoms with Crippen LogP contribution in [-0.2, 0) is 0 Å². The SMILES string of the molecule is COc1ncc(-c2ccc3nc(C)[nH]c3c2)[nH]1. The molecule has 0 spiro atoms. The van der Waals surface area contributed by atoms with Gasteiger partial charge in [0.1, 0.15) is 5.82 Å². The van der Waals surface area contributed by atoms with Crippen LogP contribution in [-0.4, -0.2) is 27.0 Å². The summed E-state index contributed by atoms with van der Waals surface area (Å²) in [4.78, 5) is 14.8. The van der Waals surface area contributed by atoms with Crippen LogP contribution in [0.2, 0.25) is 0 Å². The molecule has 0 aliphatic carbocycles. The Hall–Kier alpha value is -2.30. The summed E-state index contributed by atoms with van der Waals surface area (Å²) in [6.45, 7) is 1.94. The molecule has 0 amide bonds. The molecule has 2 heterocycles. The van der Waals surface area contributed by atoms with Crippen LogP contribution in [0.5, 0.6) is 6.01 Å². The zero-order valence-corrected chi connectivity index (χ0v) is 9.61. The Kier molecular flexibility index (Phi) is 2.11. The van der Waals surface area contributed by atoms with Gasteiger partial charge in [0.15, 0.2) is 0 Å². The summed E-state index contributed by atoms with van der Waals surface area (Å²) in [5.74, 6) is 0.916. The third-order valence-electron chi connectivity index (χ3n) is 2.66. The highest BCUT2D eigenvalue weighted by molar-refractivity contribution is 5.81. The van der Waals surface area contributed by atoms with Gasteiger partial charge in [-0.1, -0.05) is 6.07 Å². The Morgan fingerprint density at radius 3 is 2.88 bits per heavy atom. The van der Waals surface area contributed by atoms with Gasteiger partial charge in [-0.15, -0.1) is 0 Å². The number of benzene rings is 1. The van der Waals surface area contributed by atoms with E-state index in [0.717, 1.165) is 28.1 Å². The largest absolute Gasteiger partial charge is 0.468 e. The van der Waals surface area contributed by atoms with Gasteiger partial charge in [-0.05, 0) is 19.1 Å². The fraction of sp³-hybridized carbons (Fsp3) is 0.167. The number of nitrogens with one attached hydrogen (secondary N) is 2. The predicted molar refractivity (Wildman–Crippen MR) is 65.0 cm³/mol. The van der Waals surface area contributed by atoms with E-state index in [2.05, 4.69) is 19.9 Å². The van der Waals surface area contributed by atoms with Gasteiger partial charge >= 0.3 is 0 Å². The van der Waals surface area contributed by atoms with Gasteiger partial charge < -0.3 is 14.7 Å². The number of nitrogens with zero attached hydrogens (tertiary/aromatic N) is 2. The number of ether oxygens (including phenoxy) is 1. The molecule has 0 saturated heterocycles. The van der Waals surface area contributed by atoms with Crippen LogP contribution in [0.15, 0.2) is 24.4 Å². The van der Waals surface area contributed by atoms with E-state index < -0.39 is 0 Å². The second-order valence-electron chi connectivity index (χ2n) is 3.86. The molecule has 0 fully saturated rings. The van der Waals surface area contributed by atoms with Crippen molar-refractivity contribution < 1.29 is 4.74 Å². The Morgan fingerprint density at radius 1 is 1.24 bits per heavy atom. The first-order valence-corrected chi connectivity index (χ1v) is 5.32. The van der Waals surface area contributed by atoms with Gasteiger partial charge in [-0.25, -0.2) is 9.97 Å². The molecule has 0 unspecified atom stereocenters. The van der Waals surface area contributed by atoms with Crippen LogP contribution in [0.1, 0.15) is 5.82 Å². The van der Waals surface area contributed by atoms with Gasteiger partial charge in [-0.3, -0.25) is 0 Å². The van der Waals surface area contributed by atoms with Crippen molar-refractivity contribution in [1.29, 1.82) is 0 Å². The molecule has 3 rings (SSSR count). The molecule has 0 atom stereocenters. The number of hydrogen-bond donors (Lipinski definition) is 2. The van der Waals surface area contributed by atoms with Crippen LogP contribution < -0.4 is 4.74 Å². The molecule has 0 aliphatic heterocycles. The van der Waals surface area contributed by atoms with Crippen LogP contribution in [0, 0.1) is 6.92 Å². The number of fused-ring (bicyclic) bond motifs is 1. The van der Waals surface area contributed by atoms with Crippen molar-refractivity contribution in [2.45, 2.75) is 6.92 Å². The predicted octanol–water partition coefficient (Wildman–Crippen LogP) is 2.27. The fourth-order valence-electron chi connectivity index (χ4n) is 1.86. The number of hydrogen-bond acceptors (Lipinski definition) is 3. The summed E-state index contributed by atoms with van der Waals surface area (Å²) in [7, 11) is 1.59. The minimum atomic E-state index is 0.515. The molecular formula is C12H12N4O. The standard InChI is InChI=1S/C12H12N4O/c1-7-14-9-4-3-8(5-10(9)15-7)11-6-13-12(16-11)17-2/h3-6H,1-2H3,(H,13,16)(H,14,15). The lowest BCUT2D eigenvalue weighted by atomic mass is 10.1. The molecule has 0 bridgehead atoms. The smallest absolute Gasteiger partial charge is 0.293 e. The lowest BCUT2D eigenvalue weighted by molar-refractivity contribution is 0.384. The van der Waals surface area contributed by atoms with E-state index in [0.29, 0.717) is 6.01 Å². The summed E-state index contributed by atoms with van der Waals surface area (Å²) in [6.07, 6.45) is 1.75.